The smallest absolute Gasteiger partial charge is 0.410 e. The van der Waals surface area contributed by atoms with Crippen molar-refractivity contribution in [3.8, 4) is 6.07 Å². The average Bonchev–Trinajstić information content (AvgIpc) is 3.45. The first kappa shape index (κ1) is 20.6. The highest BCUT2D eigenvalue weighted by Gasteiger charge is 2.31. The van der Waals surface area contributed by atoms with Crippen molar-refractivity contribution in [2.75, 3.05) is 18.4 Å². The Balaban J connectivity index is 1.41. The summed E-state index contributed by atoms with van der Waals surface area (Å²) in [5.41, 5.74) is 2.39. The van der Waals surface area contributed by atoms with Crippen molar-refractivity contribution in [2.45, 2.75) is 37.9 Å². The molecule has 3 heterocycles. The minimum absolute atomic E-state index is 0.269. The number of anilines is 1. The van der Waals surface area contributed by atoms with Crippen LogP contribution in [0.3, 0.4) is 0 Å². The van der Waals surface area contributed by atoms with E-state index in [1.807, 2.05) is 16.8 Å². The van der Waals surface area contributed by atoms with E-state index in [2.05, 4.69) is 11.4 Å². The van der Waals surface area contributed by atoms with E-state index in [1.54, 1.807) is 17.4 Å². The monoisotopic (exact) mass is 443 g/mol. The highest BCUT2D eigenvalue weighted by Crippen LogP contribution is 2.38. The molecule has 1 fully saturated rings. The van der Waals surface area contributed by atoms with Crippen molar-refractivity contribution in [1.82, 2.24) is 4.90 Å². The molecule has 156 valence electrons. The second-order valence-electron chi connectivity index (χ2n) is 7.34. The molecule has 2 aromatic rings. The molecule has 1 aliphatic heterocycles. The maximum absolute atomic E-state index is 12.3. The zero-order valence-corrected chi connectivity index (χ0v) is 17.8. The number of hydrogen-bond donors (Lipinski definition) is 2. The van der Waals surface area contributed by atoms with Gasteiger partial charge in [-0.15, -0.1) is 11.3 Å². The van der Waals surface area contributed by atoms with Gasteiger partial charge in [-0.05, 0) is 53.3 Å². The number of carbonyl (C=O) groups excluding carboxylic acids is 2. The van der Waals surface area contributed by atoms with Crippen molar-refractivity contribution in [3.63, 3.8) is 0 Å². The van der Waals surface area contributed by atoms with Crippen molar-refractivity contribution < 1.29 is 19.4 Å². The number of rotatable bonds is 4. The molecule has 2 N–H and O–H groups in total. The van der Waals surface area contributed by atoms with Gasteiger partial charge in [0.05, 0.1) is 11.7 Å². The fourth-order valence-corrected chi connectivity index (χ4v) is 5.58. The number of thiophene rings is 2. The lowest BCUT2D eigenvalue weighted by atomic mass is 9.94. The molecule has 7 nitrogen and oxygen atoms in total. The van der Waals surface area contributed by atoms with E-state index in [-0.39, 0.29) is 12.0 Å². The van der Waals surface area contributed by atoms with Crippen molar-refractivity contribution >= 4 is 45.8 Å². The average molecular weight is 444 g/mol. The van der Waals surface area contributed by atoms with Gasteiger partial charge in [0.2, 0.25) is 5.91 Å². The van der Waals surface area contributed by atoms with E-state index >= 15 is 0 Å². The lowest BCUT2D eigenvalue weighted by molar-refractivity contribution is -0.111. The van der Waals surface area contributed by atoms with E-state index in [9.17, 15) is 20.0 Å². The summed E-state index contributed by atoms with van der Waals surface area (Å²) in [6.07, 6.45) is 4.39. The third-order valence-corrected chi connectivity index (χ3v) is 7.10. The van der Waals surface area contributed by atoms with Gasteiger partial charge in [0.15, 0.2) is 0 Å². The van der Waals surface area contributed by atoms with Crippen LogP contribution in [0.25, 0.3) is 6.08 Å². The number of aliphatic hydroxyl groups is 1. The van der Waals surface area contributed by atoms with Gasteiger partial charge in [0.25, 0.3) is 0 Å². The van der Waals surface area contributed by atoms with E-state index in [0.29, 0.717) is 49.3 Å². The minimum Gasteiger partial charge on any atom is -0.446 e. The summed E-state index contributed by atoms with van der Waals surface area (Å²) >= 11 is 2.93. The molecule has 2 atom stereocenters. The molecule has 2 unspecified atom stereocenters. The Kier molecular flexibility index (Phi) is 6.18. The third-order valence-electron chi connectivity index (χ3n) is 5.23. The normalized spacial score (nSPS) is 20.7. The summed E-state index contributed by atoms with van der Waals surface area (Å²) in [7, 11) is 0. The molecule has 2 amide bonds. The summed E-state index contributed by atoms with van der Waals surface area (Å²) in [5, 5.41) is 26.4. The topological polar surface area (TPSA) is 103 Å². The molecule has 0 aromatic carbocycles. The molecule has 2 aliphatic rings. The van der Waals surface area contributed by atoms with Gasteiger partial charge in [0, 0.05) is 30.5 Å². The molecule has 30 heavy (non-hydrogen) atoms. The fourth-order valence-electron chi connectivity index (χ4n) is 3.68. The predicted molar refractivity (Wildman–Crippen MR) is 116 cm³/mol. The van der Waals surface area contributed by atoms with Gasteiger partial charge >= 0.3 is 6.09 Å². The zero-order valence-electron chi connectivity index (χ0n) is 16.2. The Morgan fingerprint density at radius 3 is 2.97 bits per heavy atom. The maximum Gasteiger partial charge on any atom is 0.410 e. The first-order valence-electron chi connectivity index (χ1n) is 9.73. The quantitative estimate of drug-likeness (QED) is 0.705. The minimum atomic E-state index is -0.481. The molecule has 1 aliphatic carbocycles. The zero-order chi connectivity index (χ0) is 21.1. The number of ether oxygens (including phenoxy) is 1. The van der Waals surface area contributed by atoms with Crippen LogP contribution in [0.4, 0.5) is 9.80 Å². The Morgan fingerprint density at radius 1 is 1.40 bits per heavy atom. The number of fused-ring (bicyclic) bond motifs is 1. The number of aliphatic hydroxyl groups excluding tert-OH is 1. The van der Waals surface area contributed by atoms with Gasteiger partial charge in [-0.1, -0.05) is 0 Å². The van der Waals surface area contributed by atoms with Crippen molar-refractivity contribution in [3.05, 3.63) is 44.5 Å². The molecular weight excluding hydrogens is 422 g/mol. The van der Waals surface area contributed by atoms with Gasteiger partial charge in [-0.25, -0.2) is 4.79 Å². The number of hydrogen-bond acceptors (Lipinski definition) is 7. The molecule has 2 aromatic heterocycles. The number of nitrogens with zero attached hydrogens (tertiary/aromatic N) is 2. The van der Waals surface area contributed by atoms with Gasteiger partial charge in [0.1, 0.15) is 17.2 Å². The SMILES string of the molecule is N#Cc1c(NC(=O)C=Cc2ccsc2)sc2c1CCC(OC(=O)N1CCC(O)C1)C2. The Hall–Kier alpha value is -2.67. The van der Waals surface area contributed by atoms with Crippen LogP contribution in [-0.2, 0) is 22.4 Å². The van der Waals surface area contributed by atoms with Crippen molar-refractivity contribution in [1.29, 1.82) is 5.26 Å². The van der Waals surface area contributed by atoms with E-state index in [1.165, 1.54) is 22.3 Å². The molecule has 0 spiro atoms. The summed E-state index contributed by atoms with van der Waals surface area (Å²) in [6.45, 7) is 0.814. The summed E-state index contributed by atoms with van der Waals surface area (Å²) < 4.78 is 5.63. The van der Waals surface area contributed by atoms with Crippen LogP contribution in [0.15, 0.2) is 22.9 Å². The van der Waals surface area contributed by atoms with Gasteiger partial charge < -0.3 is 20.1 Å². The number of carbonyl (C=O) groups is 2. The largest absolute Gasteiger partial charge is 0.446 e. The Bertz CT molecular complexity index is 1010. The summed E-state index contributed by atoms with van der Waals surface area (Å²) in [4.78, 5) is 27.1. The Morgan fingerprint density at radius 2 is 2.27 bits per heavy atom. The lowest BCUT2D eigenvalue weighted by Gasteiger charge is -2.25. The van der Waals surface area contributed by atoms with Crippen LogP contribution in [0.5, 0.6) is 0 Å². The van der Waals surface area contributed by atoms with Gasteiger partial charge in [-0.3, -0.25) is 4.79 Å². The van der Waals surface area contributed by atoms with Crippen LogP contribution in [0.2, 0.25) is 0 Å². The predicted octanol–water partition coefficient (Wildman–Crippen LogP) is 3.39. The maximum atomic E-state index is 12.3. The van der Waals surface area contributed by atoms with Crippen molar-refractivity contribution in [2.24, 2.45) is 0 Å². The summed E-state index contributed by atoms with van der Waals surface area (Å²) in [5.74, 6) is -0.285. The fraction of sp³-hybridized carbons (Fsp3) is 0.381. The van der Waals surface area contributed by atoms with E-state index in [0.717, 1.165) is 16.0 Å². The molecule has 1 saturated heterocycles. The highest BCUT2D eigenvalue weighted by molar-refractivity contribution is 7.16. The number of amides is 2. The molecule has 9 heteroatoms. The second kappa shape index (κ2) is 9.00. The second-order valence-corrected chi connectivity index (χ2v) is 9.22. The number of likely N-dealkylation sites (tertiary alicyclic amines) is 1. The van der Waals surface area contributed by atoms with E-state index < -0.39 is 12.2 Å². The van der Waals surface area contributed by atoms with E-state index in [4.69, 9.17) is 4.74 Å². The van der Waals surface area contributed by atoms with Crippen LogP contribution in [0.1, 0.15) is 34.4 Å². The number of nitriles is 1. The van der Waals surface area contributed by atoms with Crippen LogP contribution in [0, 0.1) is 11.3 Å². The lowest BCUT2D eigenvalue weighted by Crippen LogP contribution is -2.35. The third kappa shape index (κ3) is 4.56. The van der Waals surface area contributed by atoms with Crippen LogP contribution in [-0.4, -0.2) is 47.3 Å². The number of nitrogens with one attached hydrogen (secondary N) is 1. The molecule has 0 saturated carbocycles. The standard InChI is InChI=1S/C21H21N3O4S2/c22-10-17-16-3-2-15(28-21(27)24-7-5-14(25)11-24)9-18(16)30-20(17)23-19(26)4-1-13-6-8-29-12-13/h1,4,6,8,12,14-15,25H,2-3,5,7,9,11H2,(H,23,26). The first-order valence-corrected chi connectivity index (χ1v) is 11.5. The molecular formula is C21H21N3O4S2. The van der Waals surface area contributed by atoms with Crippen LogP contribution >= 0.6 is 22.7 Å². The first-order chi connectivity index (χ1) is 14.5. The molecule has 0 radical (unpaired) electrons. The van der Waals surface area contributed by atoms with Crippen LogP contribution < -0.4 is 5.32 Å². The highest BCUT2D eigenvalue weighted by atomic mass is 32.1. The molecule has 4 rings (SSSR count). The van der Waals surface area contributed by atoms with Gasteiger partial charge in [-0.2, -0.15) is 16.6 Å². The Labute approximate surface area is 182 Å². The molecule has 0 bridgehead atoms. The summed E-state index contributed by atoms with van der Waals surface area (Å²) in [6, 6.07) is 4.13. The number of β-amino-alcohol motifs (C(OH)–C–C–N with tert-alkyl or cyclic N) is 1.